The Labute approximate surface area is 130 Å². The van der Waals surface area contributed by atoms with Gasteiger partial charge in [-0.25, -0.2) is 0 Å². The van der Waals surface area contributed by atoms with Crippen molar-refractivity contribution in [1.29, 1.82) is 0 Å². The first-order valence-corrected chi connectivity index (χ1v) is 8.02. The third-order valence-corrected chi connectivity index (χ3v) is 4.72. The van der Waals surface area contributed by atoms with Gasteiger partial charge in [-0.1, -0.05) is 0 Å². The van der Waals surface area contributed by atoms with Crippen LogP contribution in [-0.4, -0.2) is 30.4 Å². The largest absolute Gasteiger partial charge is 0.349 e. The summed E-state index contributed by atoms with van der Waals surface area (Å²) in [6.45, 7) is 2.28. The summed E-state index contributed by atoms with van der Waals surface area (Å²) in [6, 6.07) is 6.13. The van der Waals surface area contributed by atoms with E-state index in [1.165, 1.54) is 0 Å². The van der Waals surface area contributed by atoms with Crippen LogP contribution in [0, 0.1) is 0 Å². The second-order valence-electron chi connectivity index (χ2n) is 6.35. The minimum absolute atomic E-state index is 0.0236. The Bertz CT molecular complexity index is 592. The molecule has 2 amide bonds. The minimum atomic E-state index is -0.0236. The van der Waals surface area contributed by atoms with Crippen molar-refractivity contribution in [2.45, 2.75) is 51.1 Å². The molecule has 2 aliphatic rings. The first-order chi connectivity index (χ1) is 10.5. The number of nitrogens with one attached hydrogen (secondary N) is 1. The Kier molecular flexibility index (Phi) is 4.16. The van der Waals surface area contributed by atoms with Gasteiger partial charge in [0.05, 0.1) is 0 Å². The summed E-state index contributed by atoms with van der Waals surface area (Å²) >= 11 is 0. The maximum atomic E-state index is 12.4. The maximum Gasteiger partial charge on any atom is 0.251 e. The molecule has 3 rings (SSSR count). The van der Waals surface area contributed by atoms with Gasteiger partial charge in [-0.2, -0.15) is 0 Å². The van der Waals surface area contributed by atoms with Gasteiger partial charge in [0.1, 0.15) is 0 Å². The molecule has 0 unspecified atom stereocenters. The molecule has 0 bridgehead atoms. The van der Waals surface area contributed by atoms with Gasteiger partial charge in [-0.15, -0.1) is 0 Å². The van der Waals surface area contributed by atoms with E-state index in [1.807, 2.05) is 18.2 Å². The van der Waals surface area contributed by atoms with E-state index in [-0.39, 0.29) is 23.9 Å². The third kappa shape index (κ3) is 2.99. The monoisotopic (exact) mass is 301 g/mol. The van der Waals surface area contributed by atoms with E-state index >= 15 is 0 Å². The van der Waals surface area contributed by atoms with Crippen molar-refractivity contribution in [3.8, 4) is 0 Å². The normalized spacial score (nSPS) is 24.0. The summed E-state index contributed by atoms with van der Waals surface area (Å²) in [5, 5.41) is 3.11. The van der Waals surface area contributed by atoms with Crippen LogP contribution in [0.5, 0.6) is 0 Å². The lowest BCUT2D eigenvalue weighted by Crippen LogP contribution is -2.40. The van der Waals surface area contributed by atoms with Crippen molar-refractivity contribution in [2.24, 2.45) is 5.73 Å². The molecule has 0 radical (unpaired) electrons. The van der Waals surface area contributed by atoms with Gasteiger partial charge in [-0.05, 0) is 55.9 Å². The molecule has 3 N–H and O–H groups in total. The third-order valence-electron chi connectivity index (χ3n) is 4.72. The van der Waals surface area contributed by atoms with Gasteiger partial charge >= 0.3 is 0 Å². The number of anilines is 1. The first kappa shape index (κ1) is 15.0. The minimum Gasteiger partial charge on any atom is -0.349 e. The molecular formula is C17H23N3O2. The lowest BCUT2D eigenvalue weighted by molar-refractivity contribution is -0.116. The molecular weight excluding hydrogens is 278 g/mol. The maximum absolute atomic E-state index is 12.4. The average molecular weight is 301 g/mol. The highest BCUT2D eigenvalue weighted by Gasteiger charge is 2.24. The van der Waals surface area contributed by atoms with Gasteiger partial charge in [0.15, 0.2) is 0 Å². The summed E-state index contributed by atoms with van der Waals surface area (Å²) in [6.07, 6.45) is 4.67. The number of hydrogen-bond donors (Lipinski definition) is 2. The Morgan fingerprint density at radius 1 is 1.23 bits per heavy atom. The fraction of sp³-hybridized carbons (Fsp3) is 0.529. The van der Waals surface area contributed by atoms with Crippen LogP contribution < -0.4 is 16.0 Å². The van der Waals surface area contributed by atoms with E-state index in [9.17, 15) is 9.59 Å². The van der Waals surface area contributed by atoms with Crippen LogP contribution in [0.15, 0.2) is 18.2 Å². The molecule has 1 aromatic carbocycles. The van der Waals surface area contributed by atoms with E-state index in [2.05, 4.69) is 5.32 Å². The topological polar surface area (TPSA) is 75.4 Å². The molecule has 118 valence electrons. The number of rotatable bonds is 2. The van der Waals surface area contributed by atoms with E-state index < -0.39 is 0 Å². The second-order valence-corrected chi connectivity index (χ2v) is 6.35. The summed E-state index contributed by atoms with van der Waals surface area (Å²) < 4.78 is 0. The molecule has 0 atom stereocenters. The molecule has 5 heteroatoms. The summed E-state index contributed by atoms with van der Waals surface area (Å²) in [7, 11) is 0. The highest BCUT2D eigenvalue weighted by Crippen LogP contribution is 2.29. The summed E-state index contributed by atoms with van der Waals surface area (Å²) in [4.78, 5) is 25.7. The zero-order valence-electron chi connectivity index (χ0n) is 13.0. The van der Waals surface area contributed by atoms with Crippen LogP contribution in [0.4, 0.5) is 5.69 Å². The lowest BCUT2D eigenvalue weighted by Gasteiger charge is -2.26. The van der Waals surface area contributed by atoms with Gasteiger partial charge < -0.3 is 16.0 Å². The van der Waals surface area contributed by atoms with Crippen LogP contribution in [0.3, 0.4) is 0 Å². The van der Waals surface area contributed by atoms with Gasteiger partial charge in [-0.3, -0.25) is 9.59 Å². The highest BCUT2D eigenvalue weighted by atomic mass is 16.2. The lowest BCUT2D eigenvalue weighted by atomic mass is 9.91. The molecule has 1 fully saturated rings. The van der Waals surface area contributed by atoms with Crippen molar-refractivity contribution in [3.63, 3.8) is 0 Å². The van der Waals surface area contributed by atoms with Crippen molar-refractivity contribution in [3.05, 3.63) is 29.3 Å². The number of carbonyl (C=O) groups excluding carboxylic acids is 2. The Morgan fingerprint density at radius 3 is 2.64 bits per heavy atom. The predicted octanol–water partition coefficient (Wildman–Crippen LogP) is 1.60. The molecule has 1 saturated carbocycles. The number of carbonyl (C=O) groups is 2. The highest BCUT2D eigenvalue weighted by molar-refractivity contribution is 5.98. The van der Waals surface area contributed by atoms with E-state index in [4.69, 9.17) is 5.73 Å². The SMILES string of the molecule is CC(=O)N1CCc2cc(C(=O)NC3CCC(N)CC3)ccc21. The molecule has 22 heavy (non-hydrogen) atoms. The number of amides is 2. The van der Waals surface area contributed by atoms with Crippen LogP contribution in [-0.2, 0) is 11.2 Å². The fourth-order valence-corrected chi connectivity index (χ4v) is 3.40. The fourth-order valence-electron chi connectivity index (χ4n) is 3.40. The van der Waals surface area contributed by atoms with Crippen molar-refractivity contribution >= 4 is 17.5 Å². The summed E-state index contributed by atoms with van der Waals surface area (Å²) in [5.74, 6) is 0.0269. The van der Waals surface area contributed by atoms with E-state index in [0.717, 1.165) is 43.4 Å². The molecule has 1 aliphatic carbocycles. The standard InChI is InChI=1S/C17H23N3O2/c1-11(21)20-9-8-12-10-13(2-7-16(12)20)17(22)19-15-5-3-14(18)4-6-15/h2,7,10,14-15H,3-6,8-9,18H2,1H3,(H,19,22). The smallest absolute Gasteiger partial charge is 0.251 e. The quantitative estimate of drug-likeness (QED) is 0.871. The zero-order chi connectivity index (χ0) is 15.7. The van der Waals surface area contributed by atoms with Crippen molar-refractivity contribution in [1.82, 2.24) is 5.32 Å². The Morgan fingerprint density at radius 2 is 1.95 bits per heavy atom. The summed E-state index contributed by atoms with van der Waals surface area (Å²) in [5.41, 5.74) is 8.59. The molecule has 1 aromatic rings. The van der Waals surface area contributed by atoms with Crippen LogP contribution in [0.2, 0.25) is 0 Å². The van der Waals surface area contributed by atoms with Crippen LogP contribution in [0.25, 0.3) is 0 Å². The number of nitrogens with two attached hydrogens (primary N) is 1. The van der Waals surface area contributed by atoms with E-state index in [1.54, 1.807) is 11.8 Å². The Hall–Kier alpha value is -1.88. The molecule has 1 aliphatic heterocycles. The molecule has 0 spiro atoms. The van der Waals surface area contributed by atoms with Crippen LogP contribution >= 0.6 is 0 Å². The molecule has 0 aromatic heterocycles. The first-order valence-electron chi connectivity index (χ1n) is 8.02. The van der Waals surface area contributed by atoms with Crippen molar-refractivity contribution in [2.75, 3.05) is 11.4 Å². The van der Waals surface area contributed by atoms with Gasteiger partial charge in [0.25, 0.3) is 5.91 Å². The second kappa shape index (κ2) is 6.08. The molecule has 0 saturated heterocycles. The number of fused-ring (bicyclic) bond motifs is 1. The molecule has 1 heterocycles. The van der Waals surface area contributed by atoms with Crippen molar-refractivity contribution < 1.29 is 9.59 Å². The van der Waals surface area contributed by atoms with Gasteiger partial charge in [0, 0.05) is 36.8 Å². The molecule has 5 nitrogen and oxygen atoms in total. The number of nitrogens with zero attached hydrogens (tertiary/aromatic N) is 1. The number of hydrogen-bond acceptors (Lipinski definition) is 3. The number of benzene rings is 1. The van der Waals surface area contributed by atoms with Gasteiger partial charge in [0.2, 0.25) is 5.91 Å². The van der Waals surface area contributed by atoms with Crippen LogP contribution in [0.1, 0.15) is 48.5 Å². The average Bonchev–Trinajstić information content (AvgIpc) is 2.92. The predicted molar refractivity (Wildman–Crippen MR) is 85.9 cm³/mol. The Balaban J connectivity index is 1.68. The van der Waals surface area contributed by atoms with E-state index in [0.29, 0.717) is 12.1 Å². The zero-order valence-corrected chi connectivity index (χ0v) is 13.0.